The molecule has 3 N–H and O–H groups in total. The van der Waals surface area contributed by atoms with E-state index in [9.17, 15) is 0 Å². The van der Waals surface area contributed by atoms with Gasteiger partial charge in [-0.2, -0.15) is 0 Å². The second-order valence-corrected chi connectivity index (χ2v) is 5.86. The summed E-state index contributed by atoms with van der Waals surface area (Å²) in [5.74, 6) is 0.783. The van der Waals surface area contributed by atoms with E-state index in [1.807, 2.05) is 24.3 Å². The highest BCUT2D eigenvalue weighted by Gasteiger charge is 2.04. The Labute approximate surface area is 120 Å². The van der Waals surface area contributed by atoms with Crippen LogP contribution in [0.4, 0.5) is 0 Å². The molecule has 1 unspecified atom stereocenters. The molecule has 1 heterocycles. The van der Waals surface area contributed by atoms with Crippen molar-refractivity contribution in [2.24, 2.45) is 5.73 Å². The number of ether oxygens (including phenoxy) is 1. The van der Waals surface area contributed by atoms with Crippen molar-refractivity contribution in [1.82, 2.24) is 4.98 Å². The Bertz CT molecular complexity index is 516. The van der Waals surface area contributed by atoms with Crippen LogP contribution in [-0.2, 0) is 13.0 Å². The molecule has 0 spiro atoms. The molecule has 19 heavy (non-hydrogen) atoms. The number of aliphatic hydroxyl groups is 1. The van der Waals surface area contributed by atoms with Crippen LogP contribution in [0, 0.1) is 0 Å². The van der Waals surface area contributed by atoms with Crippen molar-refractivity contribution in [3.05, 3.63) is 45.4 Å². The highest BCUT2D eigenvalue weighted by molar-refractivity contribution is 7.15. The minimum atomic E-state index is -0.217. The summed E-state index contributed by atoms with van der Waals surface area (Å²) in [6.45, 7) is 0.449. The molecule has 6 heteroatoms. The van der Waals surface area contributed by atoms with E-state index in [4.69, 9.17) is 27.2 Å². The maximum Gasteiger partial charge on any atom is 0.183 e. The highest BCUT2D eigenvalue weighted by Crippen LogP contribution is 2.20. The fraction of sp³-hybridized carbons (Fsp3) is 0.308. The summed E-state index contributed by atoms with van der Waals surface area (Å²) in [6.07, 6.45) is 2.36. The quantitative estimate of drug-likeness (QED) is 0.858. The molecule has 0 fully saturated rings. The number of aromatic nitrogens is 1. The maximum atomic E-state index is 8.90. The van der Waals surface area contributed by atoms with Crippen molar-refractivity contribution < 1.29 is 9.84 Å². The van der Waals surface area contributed by atoms with Crippen molar-refractivity contribution >= 4 is 22.9 Å². The van der Waals surface area contributed by atoms with Crippen LogP contribution in [0.3, 0.4) is 0 Å². The van der Waals surface area contributed by atoms with Crippen LogP contribution < -0.4 is 10.5 Å². The van der Waals surface area contributed by atoms with Crippen LogP contribution in [0.1, 0.15) is 10.4 Å². The molecule has 0 amide bonds. The van der Waals surface area contributed by atoms with Gasteiger partial charge in [0.15, 0.2) is 4.47 Å². The summed E-state index contributed by atoms with van der Waals surface area (Å²) < 4.78 is 6.14. The zero-order chi connectivity index (χ0) is 13.7. The van der Waals surface area contributed by atoms with Gasteiger partial charge in [0, 0.05) is 12.2 Å². The molecule has 1 atom stereocenters. The molecule has 0 radical (unpaired) electrons. The minimum Gasteiger partial charge on any atom is -0.488 e. The molecule has 0 aliphatic rings. The molecule has 1 aromatic heterocycles. The summed E-state index contributed by atoms with van der Waals surface area (Å²) in [5.41, 5.74) is 6.76. The summed E-state index contributed by atoms with van der Waals surface area (Å²) in [5, 5.41) is 8.90. The molecule has 4 nitrogen and oxygen atoms in total. The number of nitrogens with zero attached hydrogens (tertiary/aromatic N) is 1. The fourth-order valence-electron chi connectivity index (χ4n) is 1.59. The average molecular weight is 299 g/mol. The predicted octanol–water partition coefficient (Wildman–Crippen LogP) is 2.24. The largest absolute Gasteiger partial charge is 0.488 e. The number of hydrogen-bond donors (Lipinski definition) is 2. The SMILES string of the molecule is NC(CO)Cc1ccc(OCc2cnc(Cl)s2)cc1. The first-order valence-corrected chi connectivity index (χ1v) is 7.05. The fourth-order valence-corrected chi connectivity index (χ4v) is 2.48. The molecule has 0 bridgehead atoms. The van der Waals surface area contributed by atoms with Crippen molar-refractivity contribution in [1.29, 1.82) is 0 Å². The van der Waals surface area contributed by atoms with E-state index in [1.165, 1.54) is 11.3 Å². The first-order chi connectivity index (χ1) is 9.17. The molecule has 0 saturated carbocycles. The lowest BCUT2D eigenvalue weighted by Crippen LogP contribution is -2.26. The van der Waals surface area contributed by atoms with Crippen LogP contribution in [0.25, 0.3) is 0 Å². The lowest BCUT2D eigenvalue weighted by atomic mass is 10.1. The van der Waals surface area contributed by atoms with Gasteiger partial charge in [-0.25, -0.2) is 4.98 Å². The number of thiazole rings is 1. The van der Waals surface area contributed by atoms with Crippen molar-refractivity contribution in [3.8, 4) is 5.75 Å². The molecular formula is C13H15ClN2O2S. The Morgan fingerprint density at radius 3 is 2.68 bits per heavy atom. The predicted molar refractivity (Wildman–Crippen MR) is 76.7 cm³/mol. The van der Waals surface area contributed by atoms with Crippen molar-refractivity contribution in [3.63, 3.8) is 0 Å². The lowest BCUT2D eigenvalue weighted by Gasteiger charge is -2.09. The Morgan fingerprint density at radius 1 is 1.37 bits per heavy atom. The van der Waals surface area contributed by atoms with Gasteiger partial charge in [0.05, 0.1) is 11.5 Å². The molecule has 0 saturated heterocycles. The number of rotatable bonds is 6. The molecule has 1 aromatic carbocycles. The van der Waals surface area contributed by atoms with E-state index in [0.717, 1.165) is 16.2 Å². The van der Waals surface area contributed by atoms with E-state index in [-0.39, 0.29) is 12.6 Å². The molecule has 102 valence electrons. The van der Waals surface area contributed by atoms with Gasteiger partial charge in [-0.3, -0.25) is 0 Å². The molecule has 0 aliphatic heterocycles. The van der Waals surface area contributed by atoms with Crippen molar-refractivity contribution in [2.75, 3.05) is 6.61 Å². The monoisotopic (exact) mass is 298 g/mol. The van der Waals surface area contributed by atoms with Crippen LogP contribution in [0.2, 0.25) is 4.47 Å². The molecule has 0 aliphatic carbocycles. The van der Waals surface area contributed by atoms with Crippen LogP contribution in [0.15, 0.2) is 30.5 Å². The van der Waals surface area contributed by atoms with E-state index >= 15 is 0 Å². The van der Waals surface area contributed by atoms with Gasteiger partial charge in [0.1, 0.15) is 12.4 Å². The summed E-state index contributed by atoms with van der Waals surface area (Å²) in [6, 6.07) is 7.46. The Hall–Kier alpha value is -1.14. The van der Waals surface area contributed by atoms with Crippen molar-refractivity contribution in [2.45, 2.75) is 19.1 Å². The minimum absolute atomic E-state index is 0.00954. The smallest absolute Gasteiger partial charge is 0.183 e. The highest BCUT2D eigenvalue weighted by atomic mass is 35.5. The van der Waals surface area contributed by atoms with Gasteiger partial charge in [-0.05, 0) is 24.1 Å². The standard InChI is InChI=1S/C13H15ClN2O2S/c14-13-16-6-12(19-13)8-18-11-3-1-9(2-4-11)5-10(15)7-17/h1-4,6,10,17H,5,7-8,15H2. The Balaban J connectivity index is 1.88. The van der Waals surface area contributed by atoms with Gasteiger partial charge in [0.25, 0.3) is 0 Å². The number of aliphatic hydroxyl groups excluding tert-OH is 1. The summed E-state index contributed by atoms with van der Waals surface area (Å²) in [7, 11) is 0. The Kier molecular flexibility index (Phi) is 5.15. The molecule has 2 rings (SSSR count). The number of hydrogen-bond acceptors (Lipinski definition) is 5. The third-order valence-electron chi connectivity index (χ3n) is 2.56. The number of halogens is 1. The first kappa shape index (κ1) is 14.3. The van der Waals surface area contributed by atoms with Gasteiger partial charge in [-0.1, -0.05) is 23.7 Å². The summed E-state index contributed by atoms with van der Waals surface area (Å²) >= 11 is 7.15. The van der Waals surface area contributed by atoms with E-state index in [1.54, 1.807) is 6.20 Å². The third-order valence-corrected chi connectivity index (χ3v) is 3.65. The number of benzene rings is 1. The topological polar surface area (TPSA) is 68.4 Å². The van der Waals surface area contributed by atoms with Crippen LogP contribution in [0.5, 0.6) is 5.75 Å². The van der Waals surface area contributed by atoms with Gasteiger partial charge in [-0.15, -0.1) is 11.3 Å². The lowest BCUT2D eigenvalue weighted by molar-refractivity contribution is 0.265. The van der Waals surface area contributed by atoms with Crippen LogP contribution >= 0.6 is 22.9 Å². The van der Waals surface area contributed by atoms with Gasteiger partial charge < -0.3 is 15.6 Å². The first-order valence-electron chi connectivity index (χ1n) is 5.86. The van der Waals surface area contributed by atoms with Crippen LogP contribution in [-0.4, -0.2) is 22.7 Å². The van der Waals surface area contributed by atoms with Gasteiger partial charge >= 0.3 is 0 Å². The van der Waals surface area contributed by atoms with E-state index in [2.05, 4.69) is 4.98 Å². The Morgan fingerprint density at radius 2 is 2.11 bits per heavy atom. The summed E-state index contributed by atoms with van der Waals surface area (Å²) in [4.78, 5) is 4.93. The van der Waals surface area contributed by atoms with E-state index < -0.39 is 0 Å². The third kappa shape index (κ3) is 4.47. The zero-order valence-corrected chi connectivity index (χ0v) is 11.8. The van der Waals surface area contributed by atoms with E-state index in [0.29, 0.717) is 17.5 Å². The average Bonchev–Trinajstić information content (AvgIpc) is 2.83. The molecular weight excluding hydrogens is 284 g/mol. The van der Waals surface area contributed by atoms with Gasteiger partial charge in [0.2, 0.25) is 0 Å². The second kappa shape index (κ2) is 6.86. The maximum absolute atomic E-state index is 8.90. The zero-order valence-electron chi connectivity index (χ0n) is 10.3. The normalized spacial score (nSPS) is 12.4. The number of nitrogens with two attached hydrogens (primary N) is 1. The molecule has 2 aromatic rings. The second-order valence-electron chi connectivity index (χ2n) is 4.16.